The molecule has 1 fully saturated rings. The highest BCUT2D eigenvalue weighted by atomic mass is 35.5. The Kier molecular flexibility index (Phi) is 6.30. The summed E-state index contributed by atoms with van der Waals surface area (Å²) in [4.78, 5) is 26.3. The van der Waals surface area contributed by atoms with Crippen molar-refractivity contribution in [2.24, 2.45) is 0 Å². The summed E-state index contributed by atoms with van der Waals surface area (Å²) in [5.41, 5.74) is 0.00536. The number of aromatic nitrogens is 2. The molecule has 1 amide bonds. The van der Waals surface area contributed by atoms with Crippen molar-refractivity contribution < 1.29 is 18.7 Å². The average molecular weight is 424 g/mol. The Balaban J connectivity index is 1.60. The third kappa shape index (κ3) is 5.26. The van der Waals surface area contributed by atoms with Crippen LogP contribution in [0.25, 0.3) is 0 Å². The minimum absolute atomic E-state index is 0.0577. The molecule has 1 saturated heterocycles. The van der Waals surface area contributed by atoms with Gasteiger partial charge in [0.2, 0.25) is 5.89 Å². The Bertz CT molecular complexity index is 848. The number of amides is 1. The van der Waals surface area contributed by atoms with E-state index < -0.39 is 5.60 Å². The van der Waals surface area contributed by atoms with Crippen LogP contribution in [0.5, 0.6) is 0 Å². The Morgan fingerprint density at radius 3 is 2.68 bits per heavy atom. The zero-order valence-electron chi connectivity index (χ0n) is 16.0. The Morgan fingerprint density at radius 2 is 2.00 bits per heavy atom. The van der Waals surface area contributed by atoms with Crippen LogP contribution in [0.3, 0.4) is 0 Å². The molecule has 1 aliphatic heterocycles. The van der Waals surface area contributed by atoms with Gasteiger partial charge in [0.05, 0.1) is 5.75 Å². The summed E-state index contributed by atoms with van der Waals surface area (Å²) in [7, 11) is 0. The van der Waals surface area contributed by atoms with Crippen molar-refractivity contribution in [3.63, 3.8) is 0 Å². The van der Waals surface area contributed by atoms with Gasteiger partial charge in [0, 0.05) is 17.1 Å². The van der Waals surface area contributed by atoms with E-state index in [1.54, 1.807) is 29.2 Å². The topological polar surface area (TPSA) is 85.5 Å². The summed E-state index contributed by atoms with van der Waals surface area (Å²) >= 11 is 7.01. The minimum Gasteiger partial charge on any atom is -0.444 e. The van der Waals surface area contributed by atoms with Crippen LogP contribution in [0.15, 0.2) is 33.9 Å². The summed E-state index contributed by atoms with van der Waals surface area (Å²) in [5.74, 6) is 0.478. The summed E-state index contributed by atoms with van der Waals surface area (Å²) in [6.07, 6.45) is 1.18. The summed E-state index contributed by atoms with van der Waals surface area (Å²) in [6, 6.07) is 6.41. The highest BCUT2D eigenvalue weighted by Gasteiger charge is 2.36. The molecule has 3 rings (SSSR count). The molecule has 0 unspecified atom stereocenters. The first-order chi connectivity index (χ1) is 13.2. The van der Waals surface area contributed by atoms with Crippen molar-refractivity contribution in [3.05, 3.63) is 40.7 Å². The molecule has 2 heterocycles. The van der Waals surface area contributed by atoms with Crippen molar-refractivity contribution in [1.82, 2.24) is 15.1 Å². The number of halogens is 1. The molecular weight excluding hydrogens is 402 g/mol. The number of carbonyl (C=O) groups is 2. The van der Waals surface area contributed by atoms with Crippen LogP contribution in [0.2, 0.25) is 5.02 Å². The van der Waals surface area contributed by atoms with Gasteiger partial charge in [-0.15, -0.1) is 10.2 Å². The highest BCUT2D eigenvalue weighted by Crippen LogP contribution is 2.33. The number of nitrogens with zero attached hydrogens (tertiary/aromatic N) is 3. The summed E-state index contributed by atoms with van der Waals surface area (Å²) in [6.45, 7) is 6.07. The third-order valence-electron chi connectivity index (χ3n) is 4.08. The maximum Gasteiger partial charge on any atom is 0.410 e. The first kappa shape index (κ1) is 20.7. The van der Waals surface area contributed by atoms with Gasteiger partial charge in [-0.25, -0.2) is 4.79 Å². The SMILES string of the molecule is CC(C)(C)OC(=O)N1CCC[C@@H]1c1nnc(SCC(=O)c2ccc(Cl)cc2)o1. The quantitative estimate of drug-likeness (QED) is 0.505. The van der Waals surface area contributed by atoms with E-state index in [4.69, 9.17) is 20.8 Å². The van der Waals surface area contributed by atoms with Crippen LogP contribution in [0.1, 0.15) is 55.9 Å². The van der Waals surface area contributed by atoms with Crippen LogP contribution in [0.4, 0.5) is 4.79 Å². The first-order valence-corrected chi connectivity index (χ1v) is 10.3. The van der Waals surface area contributed by atoms with E-state index in [1.807, 2.05) is 20.8 Å². The Morgan fingerprint density at radius 1 is 1.29 bits per heavy atom. The van der Waals surface area contributed by atoms with Crippen LogP contribution >= 0.6 is 23.4 Å². The fourth-order valence-corrected chi connectivity index (χ4v) is 3.61. The van der Waals surface area contributed by atoms with Crippen LogP contribution in [0, 0.1) is 0 Å². The zero-order chi connectivity index (χ0) is 20.3. The average Bonchev–Trinajstić information content (AvgIpc) is 3.28. The number of ether oxygens (including phenoxy) is 1. The summed E-state index contributed by atoms with van der Waals surface area (Å²) in [5, 5.41) is 8.96. The molecule has 0 spiro atoms. The minimum atomic E-state index is -0.567. The second-order valence-corrected chi connectivity index (χ2v) is 8.82. The number of ketones is 1. The molecule has 7 nitrogen and oxygen atoms in total. The fourth-order valence-electron chi connectivity index (χ4n) is 2.82. The van der Waals surface area contributed by atoms with E-state index in [1.165, 1.54) is 11.8 Å². The molecule has 1 atom stereocenters. The number of thioether (sulfide) groups is 1. The van der Waals surface area contributed by atoms with Gasteiger partial charge < -0.3 is 9.15 Å². The van der Waals surface area contributed by atoms with Gasteiger partial charge in [0.25, 0.3) is 5.22 Å². The monoisotopic (exact) mass is 423 g/mol. The lowest BCUT2D eigenvalue weighted by molar-refractivity contribution is 0.0201. The standard InChI is InChI=1S/C19H22ClN3O4S/c1-19(2,3)27-18(25)23-10-4-5-14(23)16-21-22-17(26-16)28-11-15(24)12-6-8-13(20)9-7-12/h6-9,14H,4-5,10-11H2,1-3H3/t14-/m1/s1. The number of carbonyl (C=O) groups excluding carboxylic acids is 2. The third-order valence-corrected chi connectivity index (χ3v) is 5.15. The van der Waals surface area contributed by atoms with E-state index >= 15 is 0 Å². The molecule has 0 radical (unpaired) electrons. The molecule has 0 bridgehead atoms. The molecule has 28 heavy (non-hydrogen) atoms. The first-order valence-electron chi connectivity index (χ1n) is 8.97. The van der Waals surface area contributed by atoms with Crippen molar-refractivity contribution in [3.8, 4) is 0 Å². The number of Topliss-reactive ketones (excluding diaryl/α,β-unsaturated/α-hetero) is 1. The number of hydrogen-bond acceptors (Lipinski definition) is 7. The number of rotatable bonds is 5. The van der Waals surface area contributed by atoms with Crippen molar-refractivity contribution in [1.29, 1.82) is 0 Å². The molecule has 1 aromatic carbocycles. The van der Waals surface area contributed by atoms with Gasteiger partial charge in [-0.1, -0.05) is 23.4 Å². The van der Waals surface area contributed by atoms with Crippen LogP contribution in [-0.4, -0.2) is 44.9 Å². The number of likely N-dealkylation sites (tertiary alicyclic amines) is 1. The maximum absolute atomic E-state index is 12.4. The molecule has 0 aliphatic carbocycles. The molecule has 1 aliphatic rings. The van der Waals surface area contributed by atoms with Crippen molar-refractivity contribution in [2.75, 3.05) is 12.3 Å². The van der Waals surface area contributed by atoms with Crippen LogP contribution in [-0.2, 0) is 4.74 Å². The van der Waals surface area contributed by atoms with Crippen molar-refractivity contribution in [2.45, 2.75) is 50.5 Å². The lowest BCUT2D eigenvalue weighted by Gasteiger charge is -2.27. The molecule has 9 heteroatoms. The van der Waals surface area contributed by atoms with E-state index in [0.29, 0.717) is 28.2 Å². The smallest absolute Gasteiger partial charge is 0.410 e. The second-order valence-electron chi connectivity index (χ2n) is 7.46. The number of hydrogen-bond donors (Lipinski definition) is 0. The van der Waals surface area contributed by atoms with E-state index in [2.05, 4.69) is 10.2 Å². The van der Waals surface area contributed by atoms with E-state index in [-0.39, 0.29) is 23.7 Å². The van der Waals surface area contributed by atoms with Crippen LogP contribution < -0.4 is 0 Å². The largest absolute Gasteiger partial charge is 0.444 e. The summed E-state index contributed by atoms with van der Waals surface area (Å²) < 4.78 is 11.2. The Labute approximate surface area is 172 Å². The van der Waals surface area contributed by atoms with Gasteiger partial charge in [-0.2, -0.15) is 0 Å². The Hall–Kier alpha value is -2.06. The predicted octanol–water partition coefficient (Wildman–Crippen LogP) is 4.77. The van der Waals surface area contributed by atoms with Gasteiger partial charge >= 0.3 is 6.09 Å². The van der Waals surface area contributed by atoms with Crippen molar-refractivity contribution >= 4 is 35.2 Å². The molecular formula is C19H22ClN3O4S. The molecule has 0 N–H and O–H groups in total. The van der Waals surface area contributed by atoms with E-state index in [0.717, 1.165) is 12.8 Å². The second kappa shape index (κ2) is 8.53. The van der Waals surface area contributed by atoms with E-state index in [9.17, 15) is 9.59 Å². The molecule has 1 aromatic heterocycles. The lowest BCUT2D eigenvalue weighted by Crippen LogP contribution is -2.36. The maximum atomic E-state index is 12.4. The number of benzene rings is 1. The molecule has 2 aromatic rings. The highest BCUT2D eigenvalue weighted by molar-refractivity contribution is 7.99. The lowest BCUT2D eigenvalue weighted by atomic mass is 10.1. The zero-order valence-corrected chi connectivity index (χ0v) is 17.5. The predicted molar refractivity (Wildman–Crippen MR) is 106 cm³/mol. The fraction of sp³-hybridized carbons (Fsp3) is 0.474. The molecule has 0 saturated carbocycles. The normalized spacial score (nSPS) is 17.0. The van der Waals surface area contributed by atoms with Gasteiger partial charge in [-0.05, 0) is 57.9 Å². The van der Waals surface area contributed by atoms with Gasteiger partial charge in [0.1, 0.15) is 11.6 Å². The van der Waals surface area contributed by atoms with Gasteiger partial charge in [0.15, 0.2) is 5.78 Å². The molecule has 150 valence electrons. The van der Waals surface area contributed by atoms with Gasteiger partial charge in [-0.3, -0.25) is 9.69 Å².